The summed E-state index contributed by atoms with van der Waals surface area (Å²) >= 11 is 7.42. The number of rotatable bonds is 6. The van der Waals surface area contributed by atoms with Crippen molar-refractivity contribution in [1.29, 1.82) is 0 Å². The molecule has 2 aromatic carbocycles. The van der Waals surface area contributed by atoms with Crippen molar-refractivity contribution in [3.8, 4) is 0 Å². The molecular formula is C15H11ClF2N2O3S2. The van der Waals surface area contributed by atoms with Crippen molar-refractivity contribution in [1.82, 2.24) is 0 Å². The molecule has 0 saturated carbocycles. The van der Waals surface area contributed by atoms with Crippen molar-refractivity contribution in [3.63, 3.8) is 0 Å². The predicted molar refractivity (Wildman–Crippen MR) is 96.1 cm³/mol. The van der Waals surface area contributed by atoms with E-state index in [1.54, 1.807) is 6.26 Å². The van der Waals surface area contributed by atoms with E-state index < -0.39 is 16.6 Å². The lowest BCUT2D eigenvalue weighted by molar-refractivity contribution is -0.385. The Labute approximate surface area is 155 Å². The number of anilines is 1. The van der Waals surface area contributed by atoms with Crippen molar-refractivity contribution in [2.45, 2.75) is 15.5 Å². The quantitative estimate of drug-likeness (QED) is 0.389. The van der Waals surface area contributed by atoms with Gasteiger partial charge in [-0.15, -0.1) is 11.8 Å². The standard InChI is InChI=1S/C15H11ClF2N2O3S2/c1-24-8-5-6-12(20(22)23)9(7-8)14(21)19-11-4-2-3-10(16)13(11)25-15(17)18/h2-7,15H,1H3,(H,19,21). The molecule has 0 saturated heterocycles. The summed E-state index contributed by atoms with van der Waals surface area (Å²) in [5.41, 5.74) is -0.475. The van der Waals surface area contributed by atoms with Crippen LogP contribution < -0.4 is 5.32 Å². The number of nitro groups is 1. The van der Waals surface area contributed by atoms with Crippen LogP contribution in [0.4, 0.5) is 20.2 Å². The highest BCUT2D eigenvalue weighted by atomic mass is 35.5. The Bertz CT molecular complexity index is 821. The molecule has 0 radical (unpaired) electrons. The number of carbonyl (C=O) groups excluding carboxylic acids is 1. The molecular weight excluding hydrogens is 394 g/mol. The fourth-order valence-electron chi connectivity index (χ4n) is 1.99. The molecule has 0 bridgehead atoms. The molecule has 25 heavy (non-hydrogen) atoms. The lowest BCUT2D eigenvalue weighted by Crippen LogP contribution is -2.15. The van der Waals surface area contributed by atoms with Crippen LogP contribution in [0.3, 0.4) is 0 Å². The molecule has 0 spiro atoms. The number of nitro benzene ring substituents is 1. The molecule has 0 aromatic heterocycles. The smallest absolute Gasteiger partial charge is 0.289 e. The summed E-state index contributed by atoms with van der Waals surface area (Å²) in [5.74, 6) is -3.51. The van der Waals surface area contributed by atoms with E-state index in [1.807, 2.05) is 0 Å². The summed E-state index contributed by atoms with van der Waals surface area (Å²) in [4.78, 5) is 23.6. The lowest BCUT2D eigenvalue weighted by atomic mass is 10.1. The monoisotopic (exact) mass is 404 g/mol. The van der Waals surface area contributed by atoms with E-state index in [4.69, 9.17) is 11.6 Å². The lowest BCUT2D eigenvalue weighted by Gasteiger charge is -2.12. The molecule has 0 atom stereocenters. The first kappa shape index (κ1) is 19.5. The first-order valence-electron chi connectivity index (χ1n) is 6.70. The zero-order valence-electron chi connectivity index (χ0n) is 12.7. The van der Waals surface area contributed by atoms with Crippen LogP contribution in [0.1, 0.15) is 10.4 Å². The third kappa shape index (κ3) is 4.83. The Kier molecular flexibility index (Phi) is 6.63. The number of amides is 1. The summed E-state index contributed by atoms with van der Waals surface area (Å²) in [6, 6.07) is 8.44. The molecule has 0 heterocycles. The van der Waals surface area contributed by atoms with Crippen LogP contribution >= 0.6 is 35.1 Å². The molecule has 0 aliphatic carbocycles. The summed E-state index contributed by atoms with van der Waals surface area (Å²) < 4.78 is 25.4. The number of nitrogens with zero attached hydrogens (tertiary/aromatic N) is 1. The highest BCUT2D eigenvalue weighted by Crippen LogP contribution is 2.38. The normalized spacial score (nSPS) is 10.8. The summed E-state index contributed by atoms with van der Waals surface area (Å²) in [6.07, 6.45) is 1.76. The van der Waals surface area contributed by atoms with Gasteiger partial charge in [0.05, 0.1) is 20.5 Å². The third-order valence-electron chi connectivity index (χ3n) is 3.07. The van der Waals surface area contributed by atoms with Crippen molar-refractivity contribution in [3.05, 3.63) is 57.1 Å². The van der Waals surface area contributed by atoms with Crippen molar-refractivity contribution in [2.24, 2.45) is 0 Å². The average Bonchev–Trinajstić information content (AvgIpc) is 2.56. The Morgan fingerprint density at radius 2 is 2.04 bits per heavy atom. The zero-order valence-corrected chi connectivity index (χ0v) is 15.1. The molecule has 2 rings (SSSR count). The number of carbonyl (C=O) groups is 1. The Balaban J connectivity index is 2.41. The first-order valence-corrected chi connectivity index (χ1v) is 9.18. The number of halogens is 3. The molecule has 1 N–H and O–H groups in total. The highest BCUT2D eigenvalue weighted by molar-refractivity contribution is 7.99. The van der Waals surface area contributed by atoms with Crippen LogP contribution in [0.2, 0.25) is 5.02 Å². The molecule has 10 heteroatoms. The molecule has 132 valence electrons. The van der Waals surface area contributed by atoms with Crippen LogP contribution in [-0.2, 0) is 0 Å². The Hall–Kier alpha value is -1.84. The minimum absolute atomic E-state index is 0.00353. The Morgan fingerprint density at radius 3 is 2.64 bits per heavy atom. The van der Waals surface area contributed by atoms with E-state index in [2.05, 4.69) is 5.32 Å². The summed E-state index contributed by atoms with van der Waals surface area (Å²) in [7, 11) is 0. The van der Waals surface area contributed by atoms with Crippen LogP contribution in [0.15, 0.2) is 46.2 Å². The fourth-order valence-corrected chi connectivity index (χ4v) is 3.34. The van der Waals surface area contributed by atoms with Crippen LogP contribution in [-0.4, -0.2) is 22.8 Å². The maximum absolute atomic E-state index is 12.7. The number of nitrogens with one attached hydrogen (secondary N) is 1. The molecule has 0 fully saturated rings. The zero-order chi connectivity index (χ0) is 18.6. The van der Waals surface area contributed by atoms with Crippen LogP contribution in [0.5, 0.6) is 0 Å². The van der Waals surface area contributed by atoms with Crippen LogP contribution in [0.25, 0.3) is 0 Å². The van der Waals surface area contributed by atoms with Gasteiger partial charge in [0.2, 0.25) is 0 Å². The second-order valence-electron chi connectivity index (χ2n) is 4.59. The van der Waals surface area contributed by atoms with Gasteiger partial charge in [-0.1, -0.05) is 29.4 Å². The van der Waals surface area contributed by atoms with Crippen molar-refractivity contribution in [2.75, 3.05) is 11.6 Å². The SMILES string of the molecule is CSc1ccc([N+](=O)[O-])c(C(=O)Nc2cccc(Cl)c2SC(F)F)c1. The molecule has 0 aliphatic rings. The fraction of sp³-hybridized carbons (Fsp3) is 0.133. The van der Waals surface area contributed by atoms with Gasteiger partial charge in [0.15, 0.2) is 0 Å². The van der Waals surface area contributed by atoms with Gasteiger partial charge in [-0.2, -0.15) is 8.78 Å². The first-order chi connectivity index (χ1) is 11.8. The average molecular weight is 405 g/mol. The summed E-state index contributed by atoms with van der Waals surface area (Å²) in [5, 5.41) is 13.6. The van der Waals surface area contributed by atoms with E-state index in [0.717, 1.165) is 0 Å². The van der Waals surface area contributed by atoms with Gasteiger partial charge in [0.25, 0.3) is 17.4 Å². The van der Waals surface area contributed by atoms with E-state index >= 15 is 0 Å². The third-order valence-corrected chi connectivity index (χ3v) is 5.07. The van der Waals surface area contributed by atoms with Crippen molar-refractivity contribution >= 4 is 52.4 Å². The van der Waals surface area contributed by atoms with E-state index in [0.29, 0.717) is 4.90 Å². The van der Waals surface area contributed by atoms with Gasteiger partial charge in [0.1, 0.15) is 5.56 Å². The topological polar surface area (TPSA) is 72.2 Å². The number of alkyl halides is 2. The molecule has 5 nitrogen and oxygen atoms in total. The minimum Gasteiger partial charge on any atom is -0.321 e. The maximum Gasteiger partial charge on any atom is 0.289 e. The van der Waals surface area contributed by atoms with Gasteiger partial charge < -0.3 is 5.32 Å². The van der Waals surface area contributed by atoms with E-state index in [1.165, 1.54) is 48.2 Å². The van der Waals surface area contributed by atoms with Gasteiger partial charge in [-0.25, -0.2) is 0 Å². The minimum atomic E-state index is -2.73. The molecule has 1 amide bonds. The second-order valence-corrected chi connectivity index (χ2v) is 6.88. The van der Waals surface area contributed by atoms with E-state index in [-0.39, 0.29) is 38.6 Å². The largest absolute Gasteiger partial charge is 0.321 e. The molecule has 2 aromatic rings. The van der Waals surface area contributed by atoms with E-state index in [9.17, 15) is 23.7 Å². The maximum atomic E-state index is 12.7. The van der Waals surface area contributed by atoms with Crippen molar-refractivity contribution < 1.29 is 18.5 Å². The number of hydrogen-bond acceptors (Lipinski definition) is 5. The predicted octanol–water partition coefficient (Wildman–Crippen LogP) is 5.54. The number of benzene rings is 2. The van der Waals surface area contributed by atoms with Gasteiger partial charge in [-0.3, -0.25) is 14.9 Å². The highest BCUT2D eigenvalue weighted by Gasteiger charge is 2.22. The Morgan fingerprint density at radius 1 is 1.32 bits per heavy atom. The summed E-state index contributed by atoms with van der Waals surface area (Å²) in [6.45, 7) is 0. The second kappa shape index (κ2) is 8.50. The van der Waals surface area contributed by atoms with Gasteiger partial charge in [-0.05, 0) is 30.5 Å². The number of hydrogen-bond donors (Lipinski definition) is 1. The molecule has 0 unspecified atom stereocenters. The number of thioether (sulfide) groups is 2. The molecule has 0 aliphatic heterocycles. The van der Waals surface area contributed by atoms with Crippen LogP contribution in [0, 0.1) is 10.1 Å². The van der Waals surface area contributed by atoms with Gasteiger partial charge in [0, 0.05) is 11.0 Å². The van der Waals surface area contributed by atoms with Gasteiger partial charge >= 0.3 is 0 Å².